The fourth-order valence-electron chi connectivity index (χ4n) is 1.13. The van der Waals surface area contributed by atoms with Gasteiger partial charge in [0, 0.05) is 6.61 Å². The maximum absolute atomic E-state index is 5.53. The van der Waals surface area contributed by atoms with Gasteiger partial charge >= 0.3 is 0 Å². The summed E-state index contributed by atoms with van der Waals surface area (Å²) in [5.41, 5.74) is 1.25. The van der Waals surface area contributed by atoms with Crippen LogP contribution in [0.1, 0.15) is 18.4 Å². The number of benzene rings is 1. The van der Waals surface area contributed by atoms with E-state index in [2.05, 4.69) is 44.9 Å². The molecule has 0 aliphatic carbocycles. The van der Waals surface area contributed by atoms with Crippen molar-refractivity contribution in [2.45, 2.75) is 19.4 Å². The number of rotatable bonds is 6. The molecule has 0 amide bonds. The van der Waals surface area contributed by atoms with Gasteiger partial charge in [0.25, 0.3) is 0 Å². The lowest BCUT2D eigenvalue weighted by Gasteiger charge is -2.02. The Bertz CT molecular complexity index is 256. The predicted molar refractivity (Wildman–Crippen MR) is 68.5 cm³/mol. The molecule has 0 saturated heterocycles. The first-order valence-corrected chi connectivity index (χ1v) is 6.05. The van der Waals surface area contributed by atoms with E-state index in [4.69, 9.17) is 4.74 Å². The average molecular weight is 302 g/mol. The molecule has 0 aromatic heterocycles. The van der Waals surface area contributed by atoms with Crippen molar-refractivity contribution in [2.24, 2.45) is 0 Å². The molecule has 0 heterocycles. The minimum absolute atomic E-state index is 0.731. The molecule has 1 rings (SSSR count). The van der Waals surface area contributed by atoms with Gasteiger partial charge in [-0.05, 0) is 22.5 Å². The summed E-state index contributed by atoms with van der Waals surface area (Å²) < 4.78 is 7.58. The number of halogens is 1. The van der Waals surface area contributed by atoms with Crippen LogP contribution in [0.25, 0.3) is 0 Å². The third kappa shape index (κ3) is 5.40. The average Bonchev–Trinajstić information content (AvgIpc) is 2.25. The Balaban J connectivity index is 2.05. The van der Waals surface area contributed by atoms with Gasteiger partial charge in [0.05, 0.1) is 6.61 Å². The lowest BCUT2D eigenvalue weighted by molar-refractivity contribution is 0.119. The summed E-state index contributed by atoms with van der Waals surface area (Å²) in [6.07, 6.45) is 4.37. The van der Waals surface area contributed by atoms with Crippen molar-refractivity contribution in [1.29, 1.82) is 0 Å². The van der Waals surface area contributed by atoms with Crippen molar-refractivity contribution >= 4 is 22.6 Å². The van der Waals surface area contributed by atoms with Crippen molar-refractivity contribution in [2.75, 3.05) is 6.61 Å². The van der Waals surface area contributed by atoms with Crippen molar-refractivity contribution in [3.63, 3.8) is 0 Å². The zero-order valence-corrected chi connectivity index (χ0v) is 10.3. The van der Waals surface area contributed by atoms with Gasteiger partial charge in [0.15, 0.2) is 0 Å². The number of allylic oxidation sites excluding steroid dienone is 1. The van der Waals surface area contributed by atoms with Crippen LogP contribution < -0.4 is 0 Å². The molecule has 0 aliphatic heterocycles. The Morgan fingerprint density at radius 3 is 2.71 bits per heavy atom. The molecule has 1 aromatic carbocycles. The number of hydrogen-bond donors (Lipinski definition) is 0. The molecular formula is C12H15IO. The van der Waals surface area contributed by atoms with Crippen LogP contribution in [-0.2, 0) is 11.3 Å². The molecular weight excluding hydrogens is 287 g/mol. The van der Waals surface area contributed by atoms with Gasteiger partial charge in [0.2, 0.25) is 0 Å². The van der Waals surface area contributed by atoms with Crippen molar-refractivity contribution in [1.82, 2.24) is 0 Å². The summed E-state index contributed by atoms with van der Waals surface area (Å²) in [5, 5.41) is 0. The number of unbranched alkanes of at least 4 members (excludes halogenated alkanes) is 1. The lowest BCUT2D eigenvalue weighted by Crippen LogP contribution is -1.94. The molecule has 0 bridgehead atoms. The molecule has 76 valence electrons. The van der Waals surface area contributed by atoms with Gasteiger partial charge < -0.3 is 4.74 Å². The maximum Gasteiger partial charge on any atom is 0.0716 e. The molecule has 2 heteroatoms. The second-order valence-electron chi connectivity index (χ2n) is 3.04. The molecule has 0 fully saturated rings. The summed E-state index contributed by atoms with van der Waals surface area (Å²) in [7, 11) is 0. The highest BCUT2D eigenvalue weighted by molar-refractivity contribution is 14.1. The monoisotopic (exact) mass is 302 g/mol. The second-order valence-corrected chi connectivity index (χ2v) is 3.76. The van der Waals surface area contributed by atoms with Gasteiger partial charge in [-0.25, -0.2) is 0 Å². The normalized spacial score (nSPS) is 10.9. The molecule has 0 spiro atoms. The summed E-state index contributed by atoms with van der Waals surface area (Å²) in [4.78, 5) is 0. The highest BCUT2D eigenvalue weighted by Gasteiger charge is 1.90. The third-order valence-corrected chi connectivity index (χ3v) is 2.37. The van der Waals surface area contributed by atoms with E-state index in [1.165, 1.54) is 5.56 Å². The molecule has 1 nitrogen and oxygen atoms in total. The van der Waals surface area contributed by atoms with Crippen LogP contribution in [-0.4, -0.2) is 6.61 Å². The van der Waals surface area contributed by atoms with E-state index in [0.29, 0.717) is 0 Å². The first-order chi connectivity index (χ1) is 6.93. The van der Waals surface area contributed by atoms with E-state index in [1.54, 1.807) is 0 Å². The minimum Gasteiger partial charge on any atom is -0.377 e. The van der Waals surface area contributed by atoms with Crippen LogP contribution in [0.2, 0.25) is 0 Å². The summed E-state index contributed by atoms with van der Waals surface area (Å²) in [5.74, 6) is 0. The van der Waals surface area contributed by atoms with E-state index in [1.807, 2.05) is 18.2 Å². The van der Waals surface area contributed by atoms with Gasteiger partial charge in [-0.3, -0.25) is 0 Å². The number of ether oxygens (including phenoxy) is 1. The molecule has 0 unspecified atom stereocenters. The van der Waals surface area contributed by atoms with Crippen molar-refractivity contribution in [3.05, 3.63) is 46.1 Å². The fraction of sp³-hybridized carbons (Fsp3) is 0.333. The smallest absolute Gasteiger partial charge is 0.0716 e. The van der Waals surface area contributed by atoms with Crippen LogP contribution in [0.5, 0.6) is 0 Å². The van der Waals surface area contributed by atoms with E-state index >= 15 is 0 Å². The quantitative estimate of drug-likeness (QED) is 0.571. The van der Waals surface area contributed by atoms with E-state index in [0.717, 1.165) is 26.1 Å². The highest BCUT2D eigenvalue weighted by atomic mass is 127. The Morgan fingerprint density at radius 1 is 1.21 bits per heavy atom. The Morgan fingerprint density at radius 2 is 2.00 bits per heavy atom. The zero-order chi connectivity index (χ0) is 10.1. The summed E-state index contributed by atoms with van der Waals surface area (Å²) in [6, 6.07) is 10.3. The largest absolute Gasteiger partial charge is 0.377 e. The minimum atomic E-state index is 0.731. The fourth-order valence-corrected chi connectivity index (χ4v) is 1.49. The van der Waals surface area contributed by atoms with Crippen LogP contribution in [0.3, 0.4) is 0 Å². The first kappa shape index (κ1) is 11.7. The third-order valence-electron chi connectivity index (χ3n) is 1.86. The van der Waals surface area contributed by atoms with Crippen molar-refractivity contribution < 1.29 is 4.74 Å². The first-order valence-electron chi connectivity index (χ1n) is 4.80. The van der Waals surface area contributed by atoms with Crippen LogP contribution >= 0.6 is 22.6 Å². The van der Waals surface area contributed by atoms with Gasteiger partial charge in [-0.1, -0.05) is 59.0 Å². The van der Waals surface area contributed by atoms with Gasteiger partial charge in [-0.2, -0.15) is 0 Å². The Labute approximate surface area is 99.3 Å². The summed E-state index contributed by atoms with van der Waals surface area (Å²) >= 11 is 2.24. The molecule has 0 saturated carbocycles. The molecule has 0 N–H and O–H groups in total. The second kappa shape index (κ2) is 8.00. The van der Waals surface area contributed by atoms with Crippen LogP contribution in [0.4, 0.5) is 0 Å². The van der Waals surface area contributed by atoms with Gasteiger partial charge in [-0.15, -0.1) is 0 Å². The molecule has 0 radical (unpaired) electrons. The van der Waals surface area contributed by atoms with Crippen molar-refractivity contribution in [3.8, 4) is 0 Å². The summed E-state index contributed by atoms with van der Waals surface area (Å²) in [6.45, 7) is 1.57. The van der Waals surface area contributed by atoms with E-state index in [-0.39, 0.29) is 0 Å². The standard InChI is InChI=1S/C12H15IO/c13-9-5-2-6-10-14-11-12-7-3-1-4-8-12/h1,3-5,7-9H,2,6,10-11H2/b9-5+. The SMILES string of the molecule is I/C=C/CCCOCc1ccccc1. The van der Waals surface area contributed by atoms with E-state index < -0.39 is 0 Å². The molecule has 14 heavy (non-hydrogen) atoms. The highest BCUT2D eigenvalue weighted by Crippen LogP contribution is 2.02. The zero-order valence-electron chi connectivity index (χ0n) is 8.16. The topological polar surface area (TPSA) is 9.23 Å². The lowest BCUT2D eigenvalue weighted by atomic mass is 10.2. The molecule has 0 aliphatic rings. The Kier molecular flexibility index (Phi) is 6.70. The maximum atomic E-state index is 5.53. The van der Waals surface area contributed by atoms with Crippen LogP contribution in [0, 0.1) is 0 Å². The molecule has 1 aromatic rings. The molecule has 0 atom stereocenters. The number of hydrogen-bond acceptors (Lipinski definition) is 1. The Hall–Kier alpha value is -0.350. The van der Waals surface area contributed by atoms with Gasteiger partial charge in [0.1, 0.15) is 0 Å². The predicted octanol–water partition coefficient (Wildman–Crippen LogP) is 3.93. The van der Waals surface area contributed by atoms with Crippen LogP contribution in [0.15, 0.2) is 40.5 Å². The van der Waals surface area contributed by atoms with E-state index in [9.17, 15) is 0 Å².